The molecule has 1 N–H and O–H groups in total. The average Bonchev–Trinajstić information content (AvgIpc) is 3.05. The summed E-state index contributed by atoms with van der Waals surface area (Å²) in [6.45, 7) is 2.46. The second-order valence-electron chi connectivity index (χ2n) is 7.41. The summed E-state index contributed by atoms with van der Waals surface area (Å²) in [4.78, 5) is 25.4. The van der Waals surface area contributed by atoms with E-state index >= 15 is 0 Å². The second kappa shape index (κ2) is 7.44. The Kier molecular flexibility index (Phi) is 5.36. The number of carbonyl (C=O) groups excluding carboxylic acids is 2. The molecule has 0 bridgehead atoms. The number of aromatic nitrogens is 2. The van der Waals surface area contributed by atoms with Crippen molar-refractivity contribution in [2.75, 3.05) is 13.7 Å². The fraction of sp³-hybridized carbons (Fsp3) is 0.526. The van der Waals surface area contributed by atoms with Gasteiger partial charge in [0.05, 0.1) is 31.2 Å². The molecule has 0 aliphatic carbocycles. The van der Waals surface area contributed by atoms with E-state index in [2.05, 4.69) is 14.9 Å². The molecule has 3 rings (SSSR count). The minimum absolute atomic E-state index is 0.150. The van der Waals surface area contributed by atoms with Gasteiger partial charge in [-0.25, -0.2) is 0 Å². The summed E-state index contributed by atoms with van der Waals surface area (Å²) in [5.41, 5.74) is 3.14. The third kappa shape index (κ3) is 3.98. The average molecular weight is 397 g/mol. The van der Waals surface area contributed by atoms with Gasteiger partial charge < -0.3 is 9.64 Å². The van der Waals surface area contributed by atoms with Crippen molar-refractivity contribution >= 4 is 22.8 Å². The summed E-state index contributed by atoms with van der Waals surface area (Å²) >= 11 is 0. The molecule has 2 heterocycles. The number of rotatable bonds is 4. The number of carbonyl (C=O) groups is 2. The molecule has 28 heavy (non-hydrogen) atoms. The number of esters is 1. The van der Waals surface area contributed by atoms with Crippen LogP contribution in [0.3, 0.4) is 0 Å². The Morgan fingerprint density at radius 2 is 2.14 bits per heavy atom. The van der Waals surface area contributed by atoms with Crippen LogP contribution in [0.1, 0.15) is 42.9 Å². The van der Waals surface area contributed by atoms with Gasteiger partial charge in [0.2, 0.25) is 5.91 Å². The molecule has 0 fully saturated rings. The first-order chi connectivity index (χ1) is 13.1. The normalized spacial score (nSPS) is 17.8. The number of alkyl halides is 3. The van der Waals surface area contributed by atoms with Crippen molar-refractivity contribution in [3.8, 4) is 0 Å². The molecule has 1 aromatic heterocycles. The quantitative estimate of drug-likeness (QED) is 0.804. The number of ether oxygens (including phenoxy) is 1. The van der Waals surface area contributed by atoms with E-state index in [0.717, 1.165) is 21.5 Å². The van der Waals surface area contributed by atoms with Crippen molar-refractivity contribution in [3.05, 3.63) is 29.0 Å². The van der Waals surface area contributed by atoms with Crippen LogP contribution in [0.15, 0.2) is 12.3 Å². The van der Waals surface area contributed by atoms with Gasteiger partial charge in [0.25, 0.3) is 0 Å². The van der Waals surface area contributed by atoms with Crippen LogP contribution < -0.4 is 0 Å². The van der Waals surface area contributed by atoms with Crippen LogP contribution in [0, 0.1) is 5.92 Å². The Labute approximate surface area is 160 Å². The molecule has 6 nitrogen and oxygen atoms in total. The van der Waals surface area contributed by atoms with Gasteiger partial charge in [-0.15, -0.1) is 0 Å². The number of H-pyrrole nitrogens is 1. The largest absolute Gasteiger partial charge is 0.469 e. The molecule has 0 unspecified atom stereocenters. The number of amides is 1. The third-order valence-corrected chi connectivity index (χ3v) is 5.08. The number of aromatic amines is 1. The van der Waals surface area contributed by atoms with Crippen LogP contribution in [0.4, 0.5) is 13.2 Å². The maximum absolute atomic E-state index is 13.1. The molecular formula is C19H22F3N3O3. The van der Waals surface area contributed by atoms with E-state index in [9.17, 15) is 22.8 Å². The number of halogens is 3. The summed E-state index contributed by atoms with van der Waals surface area (Å²) in [6.07, 6.45) is -3.04. The number of nitrogens with zero attached hydrogens (tertiary/aromatic N) is 2. The van der Waals surface area contributed by atoms with Gasteiger partial charge in [0.15, 0.2) is 0 Å². The maximum atomic E-state index is 13.1. The number of nitrogens with one attached hydrogen (secondary N) is 1. The lowest BCUT2D eigenvalue weighted by Gasteiger charge is -2.25. The number of benzene rings is 1. The highest BCUT2D eigenvalue weighted by molar-refractivity contribution is 5.90. The van der Waals surface area contributed by atoms with Crippen molar-refractivity contribution in [1.82, 2.24) is 15.1 Å². The zero-order valence-electron chi connectivity index (χ0n) is 15.9. The lowest BCUT2D eigenvalue weighted by atomic mass is 9.89. The Balaban J connectivity index is 2.13. The minimum Gasteiger partial charge on any atom is -0.469 e. The standard InChI is InChI=1S/C19H22F3N3O3/c1-10(2)13-5-11-4-12(6-16(26)28-3)18(27)25(9-19(20,21)22)8-15(11)14-7-23-24-17(13)14/h5,7,10,12H,4,6,8-9H2,1-3H3,(H,23,24)/t12-/m0/s1. The highest BCUT2D eigenvalue weighted by Crippen LogP contribution is 2.35. The van der Waals surface area contributed by atoms with E-state index in [1.54, 1.807) is 6.20 Å². The Hall–Kier alpha value is -2.58. The zero-order chi connectivity index (χ0) is 20.6. The van der Waals surface area contributed by atoms with Crippen LogP contribution >= 0.6 is 0 Å². The molecule has 0 radical (unpaired) electrons. The highest BCUT2D eigenvalue weighted by Gasteiger charge is 2.39. The molecule has 0 spiro atoms. The van der Waals surface area contributed by atoms with Gasteiger partial charge in [-0.05, 0) is 29.0 Å². The Morgan fingerprint density at radius 1 is 1.43 bits per heavy atom. The zero-order valence-corrected chi connectivity index (χ0v) is 15.9. The predicted molar refractivity (Wildman–Crippen MR) is 95.5 cm³/mol. The van der Waals surface area contributed by atoms with Crippen molar-refractivity contribution in [3.63, 3.8) is 0 Å². The highest BCUT2D eigenvalue weighted by atomic mass is 19.4. The van der Waals surface area contributed by atoms with Gasteiger partial charge in [0, 0.05) is 11.9 Å². The van der Waals surface area contributed by atoms with E-state index < -0.39 is 30.5 Å². The summed E-state index contributed by atoms with van der Waals surface area (Å²) in [7, 11) is 1.19. The van der Waals surface area contributed by atoms with Crippen LogP contribution in [0.25, 0.3) is 10.9 Å². The van der Waals surface area contributed by atoms with E-state index in [0.29, 0.717) is 10.9 Å². The van der Waals surface area contributed by atoms with Crippen LogP contribution in [0.2, 0.25) is 0 Å². The Bertz CT molecular complexity index is 905. The molecule has 1 aliphatic rings. The van der Waals surface area contributed by atoms with Gasteiger partial charge in [-0.3, -0.25) is 14.7 Å². The van der Waals surface area contributed by atoms with Crippen molar-refractivity contribution < 1.29 is 27.5 Å². The lowest BCUT2D eigenvalue weighted by Crippen LogP contribution is -2.41. The van der Waals surface area contributed by atoms with Crippen LogP contribution in [-0.2, 0) is 27.3 Å². The van der Waals surface area contributed by atoms with Crippen molar-refractivity contribution in [2.24, 2.45) is 5.92 Å². The van der Waals surface area contributed by atoms with Gasteiger partial charge >= 0.3 is 12.1 Å². The van der Waals surface area contributed by atoms with Gasteiger partial charge in [-0.2, -0.15) is 18.3 Å². The van der Waals surface area contributed by atoms with Gasteiger partial charge in [-0.1, -0.05) is 19.9 Å². The topological polar surface area (TPSA) is 75.3 Å². The smallest absolute Gasteiger partial charge is 0.406 e. The maximum Gasteiger partial charge on any atom is 0.406 e. The second-order valence-corrected chi connectivity index (χ2v) is 7.41. The molecular weight excluding hydrogens is 375 g/mol. The first-order valence-corrected chi connectivity index (χ1v) is 9.00. The SMILES string of the molecule is COC(=O)C[C@@H]1Cc2cc(C(C)C)c3[nH]ncc3c2CN(CC(F)(F)F)C1=O. The molecule has 152 valence electrons. The number of methoxy groups -OCH3 is 1. The molecule has 0 saturated carbocycles. The summed E-state index contributed by atoms with van der Waals surface area (Å²) in [6, 6.07) is 1.91. The molecule has 1 amide bonds. The fourth-order valence-electron chi connectivity index (χ4n) is 3.75. The summed E-state index contributed by atoms with van der Waals surface area (Å²) in [5.74, 6) is -2.07. The first-order valence-electron chi connectivity index (χ1n) is 9.00. The van der Waals surface area contributed by atoms with E-state index in [4.69, 9.17) is 0 Å². The number of fused-ring (bicyclic) bond motifs is 3. The van der Waals surface area contributed by atoms with Crippen molar-refractivity contribution in [2.45, 2.75) is 45.3 Å². The van der Waals surface area contributed by atoms with E-state index in [-0.39, 0.29) is 25.3 Å². The monoisotopic (exact) mass is 397 g/mol. The van der Waals surface area contributed by atoms with E-state index in [1.807, 2.05) is 19.9 Å². The van der Waals surface area contributed by atoms with E-state index in [1.165, 1.54) is 7.11 Å². The molecule has 1 atom stereocenters. The molecule has 1 aromatic carbocycles. The van der Waals surface area contributed by atoms with Gasteiger partial charge in [0.1, 0.15) is 6.54 Å². The van der Waals surface area contributed by atoms with Crippen LogP contribution in [-0.4, -0.2) is 46.8 Å². The molecule has 2 aromatic rings. The molecule has 0 saturated heterocycles. The summed E-state index contributed by atoms with van der Waals surface area (Å²) < 4.78 is 43.9. The summed E-state index contributed by atoms with van der Waals surface area (Å²) in [5, 5.41) is 7.68. The third-order valence-electron chi connectivity index (χ3n) is 5.08. The predicted octanol–water partition coefficient (Wildman–Crippen LogP) is 3.31. The molecule has 9 heteroatoms. The Morgan fingerprint density at radius 3 is 2.75 bits per heavy atom. The number of hydrogen-bond acceptors (Lipinski definition) is 4. The number of hydrogen-bond donors (Lipinski definition) is 1. The first kappa shape index (κ1) is 20.2. The molecule has 1 aliphatic heterocycles. The lowest BCUT2D eigenvalue weighted by molar-refractivity contribution is -0.165. The fourth-order valence-corrected chi connectivity index (χ4v) is 3.75. The van der Waals surface area contributed by atoms with Crippen LogP contribution in [0.5, 0.6) is 0 Å². The van der Waals surface area contributed by atoms with Crippen molar-refractivity contribution in [1.29, 1.82) is 0 Å². The minimum atomic E-state index is -4.54.